The lowest BCUT2D eigenvalue weighted by Crippen LogP contribution is -2.28. The maximum Gasteiger partial charge on any atom is 0.490 e. The van der Waals surface area contributed by atoms with Crippen LogP contribution in [-0.4, -0.2) is 53.5 Å². The molecule has 0 saturated heterocycles. The molecule has 4 nitrogen and oxygen atoms in total. The Morgan fingerprint density at radius 2 is 1.48 bits per heavy atom. The molecule has 0 saturated carbocycles. The summed E-state index contributed by atoms with van der Waals surface area (Å²) in [6.07, 6.45) is -4.05. The minimum absolute atomic E-state index is 0.237. The smallest absolute Gasteiger partial charge is 0.475 e. The zero-order valence-electron chi connectivity index (χ0n) is 15.1. The second-order valence-electron chi connectivity index (χ2n) is 5.77. The number of benzene rings is 2. The molecule has 0 radical (unpaired) electrons. The summed E-state index contributed by atoms with van der Waals surface area (Å²) in [7, 11) is 0. The normalized spacial score (nSPS) is 11.0. The molecule has 0 bridgehead atoms. The van der Waals surface area contributed by atoms with E-state index in [1.54, 1.807) is 0 Å². The third kappa shape index (κ3) is 8.70. The first-order valence-corrected chi connectivity index (χ1v) is 8.55. The molecule has 0 amide bonds. The number of alkyl halides is 3. The van der Waals surface area contributed by atoms with Gasteiger partial charge in [0.15, 0.2) is 0 Å². The molecular weight excluding hydrogens is 359 g/mol. The number of hydrogen-bond acceptors (Lipinski definition) is 3. The van der Waals surface area contributed by atoms with Gasteiger partial charge in [-0.3, -0.25) is 0 Å². The van der Waals surface area contributed by atoms with Crippen LogP contribution < -0.4 is 0 Å². The number of halogens is 3. The summed E-state index contributed by atoms with van der Waals surface area (Å²) < 4.78 is 31.7. The van der Waals surface area contributed by atoms with Gasteiger partial charge in [0.25, 0.3) is 0 Å². The van der Waals surface area contributed by atoms with Gasteiger partial charge in [0.05, 0.1) is 6.61 Å². The van der Waals surface area contributed by atoms with E-state index in [4.69, 9.17) is 15.0 Å². The van der Waals surface area contributed by atoms with Gasteiger partial charge in [-0.25, -0.2) is 4.79 Å². The van der Waals surface area contributed by atoms with E-state index in [0.29, 0.717) is 0 Å². The molecule has 148 valence electrons. The van der Waals surface area contributed by atoms with Gasteiger partial charge in [-0.05, 0) is 29.7 Å². The van der Waals surface area contributed by atoms with Crippen molar-refractivity contribution in [2.24, 2.45) is 0 Å². The molecule has 0 spiro atoms. The van der Waals surface area contributed by atoms with Crippen molar-refractivity contribution in [3.8, 4) is 11.1 Å². The van der Waals surface area contributed by atoms with Crippen molar-refractivity contribution in [2.75, 3.05) is 26.2 Å². The van der Waals surface area contributed by atoms with Crippen LogP contribution in [0.4, 0.5) is 13.2 Å². The number of carboxylic acids is 1. The van der Waals surface area contributed by atoms with Gasteiger partial charge in [-0.15, -0.1) is 0 Å². The summed E-state index contributed by atoms with van der Waals surface area (Å²) in [4.78, 5) is 11.2. The van der Waals surface area contributed by atoms with Gasteiger partial charge in [0, 0.05) is 13.1 Å². The van der Waals surface area contributed by atoms with Crippen molar-refractivity contribution >= 4 is 5.97 Å². The van der Waals surface area contributed by atoms with Crippen molar-refractivity contribution in [3.05, 3.63) is 60.2 Å². The molecule has 0 atom stereocenters. The zero-order valence-corrected chi connectivity index (χ0v) is 15.1. The van der Waals surface area contributed by atoms with Crippen molar-refractivity contribution in [2.45, 2.75) is 19.5 Å². The maximum atomic E-state index is 10.6. The summed E-state index contributed by atoms with van der Waals surface area (Å²) >= 11 is 0. The lowest BCUT2D eigenvalue weighted by atomic mass is 10.0. The Morgan fingerprint density at radius 1 is 0.963 bits per heavy atom. The van der Waals surface area contributed by atoms with E-state index >= 15 is 0 Å². The van der Waals surface area contributed by atoms with Crippen molar-refractivity contribution in [1.82, 2.24) is 4.90 Å². The maximum absolute atomic E-state index is 10.6. The predicted octanol–water partition coefficient (Wildman–Crippen LogP) is 3.84. The average Bonchev–Trinajstić information content (AvgIpc) is 2.66. The fraction of sp³-hybridized carbons (Fsp3) is 0.350. The topological polar surface area (TPSA) is 60.8 Å². The molecule has 0 unspecified atom stereocenters. The highest BCUT2D eigenvalue weighted by Gasteiger charge is 2.38. The van der Waals surface area contributed by atoms with Crippen LogP contribution in [0.25, 0.3) is 11.1 Å². The first-order valence-electron chi connectivity index (χ1n) is 8.55. The van der Waals surface area contributed by atoms with Gasteiger partial charge < -0.3 is 15.1 Å². The Bertz CT molecular complexity index is 673. The van der Waals surface area contributed by atoms with Crippen LogP contribution in [0.2, 0.25) is 0 Å². The predicted molar refractivity (Wildman–Crippen MR) is 98.5 cm³/mol. The van der Waals surface area contributed by atoms with Gasteiger partial charge >= 0.3 is 12.1 Å². The van der Waals surface area contributed by atoms with Crippen LogP contribution in [0, 0.1) is 0 Å². The van der Waals surface area contributed by atoms with E-state index in [-0.39, 0.29) is 6.61 Å². The second-order valence-corrected chi connectivity index (χ2v) is 5.77. The molecule has 2 aromatic rings. The summed E-state index contributed by atoms with van der Waals surface area (Å²) in [6, 6.07) is 19.2. The lowest BCUT2D eigenvalue weighted by Gasteiger charge is -2.18. The third-order valence-corrected chi connectivity index (χ3v) is 3.88. The molecule has 2 aromatic carbocycles. The van der Waals surface area contributed by atoms with Crippen LogP contribution in [-0.2, 0) is 11.2 Å². The Morgan fingerprint density at radius 3 is 1.93 bits per heavy atom. The second kappa shape index (κ2) is 11.4. The minimum Gasteiger partial charge on any atom is -0.475 e. The highest BCUT2D eigenvalue weighted by molar-refractivity contribution is 5.73. The van der Waals surface area contributed by atoms with Gasteiger partial charge in [0.1, 0.15) is 0 Å². The molecule has 2 rings (SSSR count). The van der Waals surface area contributed by atoms with Crippen molar-refractivity contribution < 1.29 is 28.2 Å². The van der Waals surface area contributed by atoms with E-state index in [9.17, 15) is 13.2 Å². The van der Waals surface area contributed by atoms with E-state index in [1.807, 2.05) is 6.07 Å². The highest BCUT2D eigenvalue weighted by atomic mass is 19.4. The number of likely N-dealkylation sites (N-methyl/N-ethyl adjacent to an activating group) is 1. The molecular formula is C20H24F3NO3. The Labute approximate surface area is 156 Å². The Balaban J connectivity index is 0.000000445. The molecule has 7 heteroatoms. The molecule has 0 aliphatic rings. The summed E-state index contributed by atoms with van der Waals surface area (Å²) in [5, 5.41) is 16.1. The Hall–Kier alpha value is -2.38. The number of carboxylic acid groups (broad SMARTS) is 1. The number of hydrogen-bond donors (Lipinski definition) is 2. The van der Waals surface area contributed by atoms with Crippen LogP contribution in [0.3, 0.4) is 0 Å². The molecule has 0 aromatic heterocycles. The minimum atomic E-state index is -5.08. The number of carbonyl (C=O) groups is 1. The summed E-state index contributed by atoms with van der Waals surface area (Å²) in [6.45, 7) is 5.12. The fourth-order valence-corrected chi connectivity index (χ4v) is 2.35. The summed E-state index contributed by atoms with van der Waals surface area (Å²) in [5.41, 5.74) is 3.87. The number of aliphatic carboxylic acids is 1. The first kappa shape index (κ1) is 22.7. The molecule has 27 heavy (non-hydrogen) atoms. The van der Waals surface area contributed by atoms with E-state index in [2.05, 4.69) is 60.4 Å². The monoisotopic (exact) mass is 383 g/mol. The molecule has 0 aliphatic carbocycles. The fourth-order valence-electron chi connectivity index (χ4n) is 2.35. The highest BCUT2D eigenvalue weighted by Crippen LogP contribution is 2.19. The van der Waals surface area contributed by atoms with Gasteiger partial charge in [-0.1, -0.05) is 61.5 Å². The van der Waals surface area contributed by atoms with Gasteiger partial charge in [-0.2, -0.15) is 13.2 Å². The van der Waals surface area contributed by atoms with Crippen LogP contribution in [0.15, 0.2) is 54.6 Å². The zero-order chi connectivity index (χ0) is 20.3. The number of aliphatic hydroxyl groups excluding tert-OH is 1. The number of nitrogens with zero attached hydrogens (tertiary/aromatic N) is 1. The quantitative estimate of drug-likeness (QED) is 0.763. The van der Waals surface area contributed by atoms with Crippen LogP contribution in [0.5, 0.6) is 0 Å². The molecule has 0 heterocycles. The van der Waals surface area contributed by atoms with Crippen LogP contribution >= 0.6 is 0 Å². The van der Waals surface area contributed by atoms with E-state index in [0.717, 1.165) is 26.1 Å². The van der Waals surface area contributed by atoms with Gasteiger partial charge in [0.2, 0.25) is 0 Å². The van der Waals surface area contributed by atoms with E-state index in [1.165, 1.54) is 16.7 Å². The number of aliphatic hydroxyl groups is 1. The SMILES string of the molecule is CCN(CCO)CCc1ccc(-c2ccccc2)cc1.O=C(O)C(F)(F)F. The van der Waals surface area contributed by atoms with E-state index < -0.39 is 12.1 Å². The lowest BCUT2D eigenvalue weighted by molar-refractivity contribution is -0.192. The molecule has 0 fully saturated rings. The van der Waals surface area contributed by atoms with Crippen molar-refractivity contribution in [1.29, 1.82) is 0 Å². The number of rotatable bonds is 7. The molecule has 2 N–H and O–H groups in total. The Kier molecular flexibility index (Phi) is 9.53. The van der Waals surface area contributed by atoms with Crippen LogP contribution in [0.1, 0.15) is 12.5 Å². The molecule has 0 aliphatic heterocycles. The average molecular weight is 383 g/mol. The largest absolute Gasteiger partial charge is 0.490 e. The standard InChI is InChI=1S/C18H23NO.C2HF3O2/c1-2-19(14-15-20)13-12-16-8-10-18(11-9-16)17-6-4-3-5-7-17;3-2(4,5)1(6)7/h3-11,20H,2,12-15H2,1H3;(H,6,7). The first-order chi connectivity index (χ1) is 12.8. The van der Waals surface area contributed by atoms with Crippen molar-refractivity contribution in [3.63, 3.8) is 0 Å². The summed E-state index contributed by atoms with van der Waals surface area (Å²) in [5.74, 6) is -2.76. The third-order valence-electron chi connectivity index (χ3n) is 3.88.